The van der Waals surface area contributed by atoms with Gasteiger partial charge in [-0.3, -0.25) is 9.59 Å². The molecule has 0 radical (unpaired) electrons. The van der Waals surface area contributed by atoms with Gasteiger partial charge in [-0.2, -0.15) is 0 Å². The van der Waals surface area contributed by atoms with Gasteiger partial charge < -0.3 is 10.1 Å². The lowest BCUT2D eigenvalue weighted by atomic mass is 10.1. The first kappa shape index (κ1) is 8.74. The lowest BCUT2D eigenvalue weighted by molar-refractivity contribution is -0.122. The first-order valence-electron chi connectivity index (χ1n) is 4.27. The molecule has 0 saturated heterocycles. The number of amides is 1. The molecule has 1 aliphatic heterocycles. The zero-order chi connectivity index (χ0) is 10.1. The highest BCUT2D eigenvalue weighted by Crippen LogP contribution is 2.29. The predicted octanol–water partition coefficient (Wildman–Crippen LogP) is 1.22. The number of hydrogen-bond donors (Lipinski definition) is 1. The summed E-state index contributed by atoms with van der Waals surface area (Å²) in [6.07, 6.45) is 0.245. The van der Waals surface area contributed by atoms with Crippen LogP contribution in [0.25, 0.3) is 0 Å². The molecule has 0 aliphatic carbocycles. The molecule has 4 nitrogen and oxygen atoms in total. The Hall–Kier alpha value is -1.84. The summed E-state index contributed by atoms with van der Waals surface area (Å²) in [7, 11) is 0. The fourth-order valence-corrected chi connectivity index (χ4v) is 1.30. The van der Waals surface area contributed by atoms with Crippen molar-refractivity contribution in [3.63, 3.8) is 0 Å². The van der Waals surface area contributed by atoms with Crippen molar-refractivity contribution in [3.8, 4) is 5.75 Å². The molecule has 1 unspecified atom stereocenters. The quantitative estimate of drug-likeness (QED) is 0.679. The van der Waals surface area contributed by atoms with E-state index in [0.717, 1.165) is 6.29 Å². The maximum atomic E-state index is 11.2. The first-order valence-corrected chi connectivity index (χ1v) is 4.27. The number of carbonyl (C=O) groups excluding carboxylic acids is 2. The monoisotopic (exact) mass is 191 g/mol. The Balaban J connectivity index is 2.42. The molecule has 0 bridgehead atoms. The van der Waals surface area contributed by atoms with Crippen molar-refractivity contribution in [3.05, 3.63) is 23.8 Å². The highest BCUT2D eigenvalue weighted by Gasteiger charge is 2.23. The molecule has 1 atom stereocenters. The summed E-state index contributed by atoms with van der Waals surface area (Å²) in [5.41, 5.74) is 1.07. The minimum atomic E-state index is -0.482. The van der Waals surface area contributed by atoms with E-state index in [4.69, 9.17) is 4.74 Å². The third-order valence-electron chi connectivity index (χ3n) is 2.07. The number of carbonyl (C=O) groups is 2. The second-order valence-corrected chi connectivity index (χ2v) is 3.12. The van der Waals surface area contributed by atoms with Gasteiger partial charge in [0.1, 0.15) is 12.0 Å². The standard InChI is InChI=1S/C10H9NO3/c1-6-10(13)11-8-4-7(5-12)2-3-9(8)14-6/h2-6H,1H3,(H,11,13). The van der Waals surface area contributed by atoms with Crippen LogP contribution in [0.4, 0.5) is 5.69 Å². The van der Waals surface area contributed by atoms with Crippen LogP contribution in [0.1, 0.15) is 17.3 Å². The zero-order valence-corrected chi connectivity index (χ0v) is 7.61. The predicted molar refractivity (Wildman–Crippen MR) is 50.5 cm³/mol. The molecule has 14 heavy (non-hydrogen) atoms. The summed E-state index contributed by atoms with van der Waals surface area (Å²) in [4.78, 5) is 21.7. The Kier molecular flexibility index (Phi) is 1.96. The van der Waals surface area contributed by atoms with Gasteiger partial charge in [0.25, 0.3) is 5.91 Å². The van der Waals surface area contributed by atoms with Gasteiger partial charge in [-0.25, -0.2) is 0 Å². The van der Waals surface area contributed by atoms with E-state index >= 15 is 0 Å². The summed E-state index contributed by atoms with van der Waals surface area (Å²) in [6.45, 7) is 1.67. The molecule has 1 heterocycles. The van der Waals surface area contributed by atoms with Crippen molar-refractivity contribution in [1.82, 2.24) is 0 Å². The first-order chi connectivity index (χ1) is 6.70. The average molecular weight is 191 g/mol. The summed E-state index contributed by atoms with van der Waals surface area (Å²) >= 11 is 0. The van der Waals surface area contributed by atoms with E-state index in [-0.39, 0.29) is 5.91 Å². The van der Waals surface area contributed by atoms with Gasteiger partial charge in [-0.05, 0) is 25.1 Å². The second kappa shape index (κ2) is 3.14. The van der Waals surface area contributed by atoms with Crippen molar-refractivity contribution in [2.75, 3.05) is 5.32 Å². The molecule has 4 heteroatoms. The number of rotatable bonds is 1. The Labute approximate surface area is 80.9 Å². The van der Waals surface area contributed by atoms with Crippen LogP contribution in [0.3, 0.4) is 0 Å². The van der Waals surface area contributed by atoms with Crippen LogP contribution >= 0.6 is 0 Å². The lowest BCUT2D eigenvalue weighted by Crippen LogP contribution is -2.34. The number of anilines is 1. The number of nitrogens with one attached hydrogen (secondary N) is 1. The third kappa shape index (κ3) is 1.35. The number of hydrogen-bond acceptors (Lipinski definition) is 3. The fourth-order valence-electron chi connectivity index (χ4n) is 1.30. The summed E-state index contributed by atoms with van der Waals surface area (Å²) in [5, 5.41) is 2.66. The Morgan fingerprint density at radius 3 is 3.00 bits per heavy atom. The molecule has 2 rings (SSSR count). The van der Waals surface area contributed by atoms with Crippen LogP contribution in [0.2, 0.25) is 0 Å². The van der Waals surface area contributed by atoms with Gasteiger partial charge >= 0.3 is 0 Å². The molecular formula is C10H9NO3. The molecule has 0 saturated carbocycles. The van der Waals surface area contributed by atoms with Crippen LogP contribution in [-0.4, -0.2) is 18.3 Å². The minimum Gasteiger partial charge on any atom is -0.479 e. The van der Waals surface area contributed by atoms with E-state index in [1.54, 1.807) is 25.1 Å². The molecule has 1 N–H and O–H groups in total. The molecule has 1 aliphatic rings. The number of benzene rings is 1. The van der Waals surface area contributed by atoms with Crippen molar-refractivity contribution >= 4 is 17.9 Å². The molecular weight excluding hydrogens is 182 g/mol. The van der Waals surface area contributed by atoms with Gasteiger partial charge in [-0.1, -0.05) is 0 Å². The zero-order valence-electron chi connectivity index (χ0n) is 7.61. The highest BCUT2D eigenvalue weighted by molar-refractivity contribution is 5.98. The van der Waals surface area contributed by atoms with Crippen molar-refractivity contribution < 1.29 is 14.3 Å². The normalized spacial score (nSPS) is 19.2. The summed E-state index contributed by atoms with van der Waals surface area (Å²) in [5.74, 6) is 0.406. The average Bonchev–Trinajstić information content (AvgIpc) is 2.19. The van der Waals surface area contributed by atoms with E-state index < -0.39 is 6.10 Å². The van der Waals surface area contributed by atoms with Crippen molar-refractivity contribution in [2.24, 2.45) is 0 Å². The van der Waals surface area contributed by atoms with Crippen LogP contribution < -0.4 is 10.1 Å². The van der Waals surface area contributed by atoms with E-state index in [1.165, 1.54) is 0 Å². The van der Waals surface area contributed by atoms with Crippen LogP contribution in [0.15, 0.2) is 18.2 Å². The number of aldehydes is 1. The van der Waals surface area contributed by atoms with Gasteiger partial charge in [0.15, 0.2) is 6.10 Å². The molecule has 0 fully saturated rings. The summed E-state index contributed by atoms with van der Waals surface area (Å²) in [6, 6.07) is 4.91. The van der Waals surface area contributed by atoms with Crippen LogP contribution in [0, 0.1) is 0 Å². The Morgan fingerprint density at radius 2 is 2.29 bits per heavy atom. The molecule has 1 aromatic carbocycles. The van der Waals surface area contributed by atoms with Gasteiger partial charge in [-0.15, -0.1) is 0 Å². The molecule has 1 aromatic rings. The van der Waals surface area contributed by atoms with Crippen molar-refractivity contribution in [2.45, 2.75) is 13.0 Å². The molecule has 0 spiro atoms. The van der Waals surface area contributed by atoms with Crippen LogP contribution in [0.5, 0.6) is 5.75 Å². The highest BCUT2D eigenvalue weighted by atomic mass is 16.5. The maximum Gasteiger partial charge on any atom is 0.265 e. The fraction of sp³-hybridized carbons (Fsp3) is 0.200. The molecule has 1 amide bonds. The smallest absolute Gasteiger partial charge is 0.265 e. The lowest BCUT2D eigenvalue weighted by Gasteiger charge is -2.23. The van der Waals surface area contributed by atoms with Crippen LogP contribution in [-0.2, 0) is 4.79 Å². The van der Waals surface area contributed by atoms with E-state index in [9.17, 15) is 9.59 Å². The second-order valence-electron chi connectivity index (χ2n) is 3.12. The number of fused-ring (bicyclic) bond motifs is 1. The largest absolute Gasteiger partial charge is 0.479 e. The molecule has 72 valence electrons. The van der Waals surface area contributed by atoms with Crippen molar-refractivity contribution in [1.29, 1.82) is 0 Å². The number of ether oxygens (including phenoxy) is 1. The minimum absolute atomic E-state index is 0.194. The van der Waals surface area contributed by atoms with Gasteiger partial charge in [0.2, 0.25) is 0 Å². The van der Waals surface area contributed by atoms with Gasteiger partial charge in [0.05, 0.1) is 5.69 Å². The third-order valence-corrected chi connectivity index (χ3v) is 2.07. The SMILES string of the molecule is CC1Oc2ccc(C=O)cc2NC1=O. The van der Waals surface area contributed by atoms with E-state index in [1.807, 2.05) is 0 Å². The Bertz CT molecular complexity index is 400. The molecule has 0 aromatic heterocycles. The Morgan fingerprint density at radius 1 is 1.50 bits per heavy atom. The topological polar surface area (TPSA) is 55.4 Å². The van der Waals surface area contributed by atoms with Gasteiger partial charge in [0, 0.05) is 5.56 Å². The van der Waals surface area contributed by atoms with E-state index in [2.05, 4.69) is 5.32 Å². The maximum absolute atomic E-state index is 11.2. The summed E-state index contributed by atoms with van der Waals surface area (Å²) < 4.78 is 5.32. The van der Waals surface area contributed by atoms with E-state index in [0.29, 0.717) is 17.0 Å².